The highest BCUT2D eigenvalue weighted by atomic mass is 32.2. The van der Waals surface area contributed by atoms with E-state index < -0.39 is 5.97 Å². The number of aliphatic carboxylic acids is 1. The third-order valence-electron chi connectivity index (χ3n) is 2.61. The number of aliphatic imine (C=N–C) groups is 1. The maximum atomic E-state index is 10.8. The van der Waals surface area contributed by atoms with E-state index in [0.29, 0.717) is 6.54 Å². The highest BCUT2D eigenvalue weighted by Crippen LogP contribution is 2.22. The van der Waals surface area contributed by atoms with Crippen LogP contribution in [0.5, 0.6) is 0 Å². The zero-order valence-corrected chi connectivity index (χ0v) is 8.79. The number of thioether (sulfide) groups is 1. The van der Waals surface area contributed by atoms with Gasteiger partial charge in [-0.3, -0.25) is 9.79 Å². The molecule has 1 saturated heterocycles. The van der Waals surface area contributed by atoms with Gasteiger partial charge >= 0.3 is 5.97 Å². The zero-order valence-electron chi connectivity index (χ0n) is 7.98. The third-order valence-corrected chi connectivity index (χ3v) is 3.64. The van der Waals surface area contributed by atoms with E-state index in [4.69, 9.17) is 5.11 Å². The van der Waals surface area contributed by atoms with E-state index in [0.717, 1.165) is 36.9 Å². The summed E-state index contributed by atoms with van der Waals surface area (Å²) in [5, 5.41) is 9.98. The molecule has 0 aliphatic carbocycles. The van der Waals surface area contributed by atoms with Gasteiger partial charge in [0.15, 0.2) is 5.17 Å². The van der Waals surface area contributed by atoms with Crippen LogP contribution >= 0.6 is 11.8 Å². The first-order valence-corrected chi connectivity index (χ1v) is 5.91. The maximum Gasteiger partial charge on any atom is 0.308 e. The van der Waals surface area contributed by atoms with Crippen molar-refractivity contribution in [2.45, 2.75) is 12.8 Å². The van der Waals surface area contributed by atoms with Crippen molar-refractivity contribution >= 4 is 22.9 Å². The number of amidine groups is 1. The van der Waals surface area contributed by atoms with Crippen molar-refractivity contribution in [1.82, 2.24) is 4.90 Å². The lowest BCUT2D eigenvalue weighted by Crippen LogP contribution is -2.40. The molecule has 14 heavy (non-hydrogen) atoms. The Labute approximate surface area is 87.4 Å². The molecule has 0 amide bonds. The van der Waals surface area contributed by atoms with Crippen molar-refractivity contribution in [1.29, 1.82) is 0 Å². The van der Waals surface area contributed by atoms with Crippen LogP contribution in [0, 0.1) is 5.92 Å². The van der Waals surface area contributed by atoms with Gasteiger partial charge in [0, 0.05) is 18.8 Å². The van der Waals surface area contributed by atoms with Crippen molar-refractivity contribution in [3.8, 4) is 0 Å². The highest BCUT2D eigenvalue weighted by molar-refractivity contribution is 8.14. The minimum absolute atomic E-state index is 0.201. The van der Waals surface area contributed by atoms with Gasteiger partial charge < -0.3 is 10.0 Å². The molecule has 0 spiro atoms. The van der Waals surface area contributed by atoms with Gasteiger partial charge in [-0.1, -0.05) is 11.8 Å². The van der Waals surface area contributed by atoms with Crippen LogP contribution in [0.2, 0.25) is 0 Å². The van der Waals surface area contributed by atoms with Crippen LogP contribution in [0.15, 0.2) is 4.99 Å². The van der Waals surface area contributed by atoms with Crippen LogP contribution in [0.1, 0.15) is 12.8 Å². The normalized spacial score (nSPS) is 27.6. The summed E-state index contributed by atoms with van der Waals surface area (Å²) >= 11 is 1.75. The molecule has 5 heteroatoms. The van der Waals surface area contributed by atoms with E-state index in [9.17, 15) is 4.79 Å². The van der Waals surface area contributed by atoms with Crippen molar-refractivity contribution in [3.05, 3.63) is 0 Å². The average molecular weight is 214 g/mol. The van der Waals surface area contributed by atoms with Gasteiger partial charge in [-0.25, -0.2) is 0 Å². The van der Waals surface area contributed by atoms with Crippen molar-refractivity contribution in [2.75, 3.05) is 25.4 Å². The fourth-order valence-electron chi connectivity index (χ4n) is 1.87. The third kappa shape index (κ3) is 2.03. The van der Waals surface area contributed by atoms with Crippen molar-refractivity contribution in [3.63, 3.8) is 0 Å². The van der Waals surface area contributed by atoms with E-state index in [2.05, 4.69) is 9.89 Å². The molecule has 2 aliphatic heterocycles. The van der Waals surface area contributed by atoms with Gasteiger partial charge in [0.05, 0.1) is 12.5 Å². The maximum absolute atomic E-state index is 10.8. The summed E-state index contributed by atoms with van der Waals surface area (Å²) in [6.45, 7) is 2.49. The Bertz CT molecular complexity index is 268. The van der Waals surface area contributed by atoms with Gasteiger partial charge in [-0.05, 0) is 12.8 Å². The minimum Gasteiger partial charge on any atom is -0.481 e. The van der Waals surface area contributed by atoms with E-state index >= 15 is 0 Å². The standard InChI is InChI=1S/C9H14N2O2S/c12-8(13)7-2-1-4-11(6-7)9-10-3-5-14-9/h7H,1-6H2,(H,12,13)/t7-/m1/s1. The van der Waals surface area contributed by atoms with Gasteiger partial charge in [-0.15, -0.1) is 0 Å². The smallest absolute Gasteiger partial charge is 0.308 e. The number of nitrogens with zero attached hydrogens (tertiary/aromatic N) is 2. The van der Waals surface area contributed by atoms with E-state index in [1.807, 2.05) is 0 Å². The second-order valence-corrected chi connectivity index (χ2v) is 4.70. The Morgan fingerprint density at radius 2 is 2.50 bits per heavy atom. The number of carboxylic acid groups (broad SMARTS) is 1. The van der Waals surface area contributed by atoms with Crippen LogP contribution in [-0.2, 0) is 4.79 Å². The number of hydrogen-bond donors (Lipinski definition) is 1. The summed E-state index contributed by atoms with van der Waals surface area (Å²) in [6.07, 6.45) is 1.78. The Morgan fingerprint density at radius 3 is 3.14 bits per heavy atom. The lowest BCUT2D eigenvalue weighted by molar-refractivity contribution is -0.143. The first-order valence-electron chi connectivity index (χ1n) is 4.92. The molecule has 0 unspecified atom stereocenters. The Balaban J connectivity index is 1.96. The highest BCUT2D eigenvalue weighted by Gasteiger charge is 2.28. The van der Waals surface area contributed by atoms with Crippen LogP contribution in [0.25, 0.3) is 0 Å². The van der Waals surface area contributed by atoms with Gasteiger partial charge in [0.1, 0.15) is 0 Å². The summed E-state index contributed by atoms with van der Waals surface area (Å²) < 4.78 is 0. The van der Waals surface area contributed by atoms with Crippen LogP contribution in [0.4, 0.5) is 0 Å². The molecule has 78 valence electrons. The number of rotatable bonds is 1. The molecule has 0 radical (unpaired) electrons. The monoisotopic (exact) mass is 214 g/mol. The number of carbonyl (C=O) groups is 1. The minimum atomic E-state index is -0.668. The average Bonchev–Trinajstić information content (AvgIpc) is 2.71. The quantitative estimate of drug-likeness (QED) is 0.704. The van der Waals surface area contributed by atoms with E-state index in [-0.39, 0.29) is 5.92 Å². The predicted octanol–water partition coefficient (Wildman–Crippen LogP) is 0.886. The fraction of sp³-hybridized carbons (Fsp3) is 0.778. The molecule has 1 atom stereocenters. The van der Waals surface area contributed by atoms with Crippen LogP contribution < -0.4 is 0 Å². The lowest BCUT2D eigenvalue weighted by atomic mass is 9.99. The molecular formula is C9H14N2O2S. The lowest BCUT2D eigenvalue weighted by Gasteiger charge is -2.31. The molecule has 1 N–H and O–H groups in total. The number of likely N-dealkylation sites (tertiary alicyclic amines) is 1. The molecule has 2 aliphatic rings. The topological polar surface area (TPSA) is 52.9 Å². The van der Waals surface area contributed by atoms with Crippen LogP contribution in [-0.4, -0.2) is 46.5 Å². The van der Waals surface area contributed by atoms with E-state index in [1.54, 1.807) is 11.8 Å². The summed E-state index contributed by atoms with van der Waals surface area (Å²) in [5.74, 6) is 0.176. The van der Waals surface area contributed by atoms with Crippen LogP contribution in [0.3, 0.4) is 0 Å². The molecule has 4 nitrogen and oxygen atoms in total. The fourth-order valence-corrected chi connectivity index (χ4v) is 2.76. The summed E-state index contributed by atoms with van der Waals surface area (Å²) in [5.41, 5.74) is 0. The second-order valence-electron chi connectivity index (χ2n) is 3.64. The van der Waals surface area contributed by atoms with Gasteiger partial charge in [0.2, 0.25) is 0 Å². The molecule has 0 saturated carbocycles. The Morgan fingerprint density at radius 1 is 1.64 bits per heavy atom. The molecular weight excluding hydrogens is 200 g/mol. The molecule has 0 bridgehead atoms. The van der Waals surface area contributed by atoms with Crippen molar-refractivity contribution < 1.29 is 9.90 Å². The molecule has 0 aromatic rings. The largest absolute Gasteiger partial charge is 0.481 e. The predicted molar refractivity (Wildman–Crippen MR) is 56.7 cm³/mol. The number of piperidine rings is 1. The first kappa shape index (κ1) is 9.83. The molecule has 0 aromatic carbocycles. The number of carboxylic acids is 1. The summed E-state index contributed by atoms with van der Waals surface area (Å²) in [6, 6.07) is 0. The first-order chi connectivity index (χ1) is 6.77. The Kier molecular flexibility index (Phi) is 2.96. The van der Waals surface area contributed by atoms with Gasteiger partial charge in [-0.2, -0.15) is 0 Å². The SMILES string of the molecule is O=C(O)[C@@H]1CCCN(C2=NCCS2)C1. The number of hydrogen-bond acceptors (Lipinski definition) is 4. The Hall–Kier alpha value is -0.710. The summed E-state index contributed by atoms with van der Waals surface area (Å²) in [4.78, 5) is 17.3. The molecule has 1 fully saturated rings. The molecule has 2 heterocycles. The van der Waals surface area contributed by atoms with E-state index in [1.165, 1.54) is 0 Å². The second kappa shape index (κ2) is 4.21. The van der Waals surface area contributed by atoms with Crippen molar-refractivity contribution in [2.24, 2.45) is 10.9 Å². The molecule has 2 rings (SSSR count). The summed E-state index contributed by atoms with van der Waals surface area (Å²) in [7, 11) is 0. The van der Waals surface area contributed by atoms with Gasteiger partial charge in [0.25, 0.3) is 0 Å². The molecule has 0 aromatic heterocycles. The zero-order chi connectivity index (χ0) is 9.97.